The Kier molecular flexibility index (Phi) is 5.28. The van der Waals surface area contributed by atoms with Gasteiger partial charge in [0.1, 0.15) is 0 Å². The molecule has 0 aromatic heterocycles. The van der Waals surface area contributed by atoms with Crippen LogP contribution in [0.25, 0.3) is 5.70 Å². The Morgan fingerprint density at radius 1 is 1.28 bits per heavy atom. The molecule has 4 nitrogen and oxygen atoms in total. The molecule has 1 unspecified atom stereocenters. The number of nitrogens with zero attached hydrogens (tertiary/aromatic N) is 1. The lowest BCUT2D eigenvalue weighted by Gasteiger charge is -2.48. The van der Waals surface area contributed by atoms with Gasteiger partial charge < -0.3 is 20.7 Å². The molecule has 0 saturated carbocycles. The van der Waals surface area contributed by atoms with Gasteiger partial charge in [0.05, 0.1) is 11.8 Å². The highest BCUT2D eigenvalue weighted by atomic mass is 16.5. The Morgan fingerprint density at radius 3 is 2.68 bits per heavy atom. The van der Waals surface area contributed by atoms with Crippen LogP contribution in [0.4, 0.5) is 5.69 Å². The zero-order valence-corrected chi connectivity index (χ0v) is 16.2. The Hall–Kier alpha value is -1.68. The van der Waals surface area contributed by atoms with Gasteiger partial charge >= 0.3 is 0 Å². The van der Waals surface area contributed by atoms with E-state index >= 15 is 0 Å². The average Bonchev–Trinajstić information content (AvgIpc) is 2.53. The zero-order chi connectivity index (χ0) is 18.0. The fourth-order valence-electron chi connectivity index (χ4n) is 4.00. The summed E-state index contributed by atoms with van der Waals surface area (Å²) < 4.78 is 5.76. The second-order valence-electron chi connectivity index (χ2n) is 8.47. The van der Waals surface area contributed by atoms with E-state index in [9.17, 15) is 0 Å². The number of aryl methyl sites for hydroxylation is 2. The molecule has 1 atom stereocenters. The molecule has 2 aliphatic rings. The maximum atomic E-state index is 6.38. The van der Waals surface area contributed by atoms with Crippen LogP contribution in [0.5, 0.6) is 0 Å². The van der Waals surface area contributed by atoms with Gasteiger partial charge in [-0.05, 0) is 55.7 Å². The molecular formula is C21H33N3O. The van der Waals surface area contributed by atoms with Crippen molar-refractivity contribution >= 4 is 11.4 Å². The van der Waals surface area contributed by atoms with Crippen molar-refractivity contribution in [2.75, 3.05) is 31.1 Å². The number of nitrogens with two attached hydrogens (primary N) is 1. The summed E-state index contributed by atoms with van der Waals surface area (Å²) >= 11 is 0. The van der Waals surface area contributed by atoms with Crippen molar-refractivity contribution in [1.82, 2.24) is 5.32 Å². The topological polar surface area (TPSA) is 50.5 Å². The highest BCUT2D eigenvalue weighted by molar-refractivity contribution is 5.72. The van der Waals surface area contributed by atoms with Crippen molar-refractivity contribution in [2.45, 2.75) is 53.1 Å². The molecule has 0 bridgehead atoms. The molecule has 138 valence electrons. The van der Waals surface area contributed by atoms with E-state index in [1.807, 2.05) is 6.20 Å². The number of rotatable bonds is 5. The fourth-order valence-corrected chi connectivity index (χ4v) is 4.00. The third-order valence-electron chi connectivity index (χ3n) is 5.31. The smallest absolute Gasteiger partial charge is 0.0747 e. The molecule has 4 heteroatoms. The quantitative estimate of drug-likeness (QED) is 0.858. The summed E-state index contributed by atoms with van der Waals surface area (Å²) in [5.41, 5.74) is 12.6. The Labute approximate surface area is 152 Å². The molecule has 1 aromatic rings. The van der Waals surface area contributed by atoms with Crippen LogP contribution in [0.15, 0.2) is 18.3 Å². The number of hydrogen-bond acceptors (Lipinski definition) is 4. The molecule has 0 radical (unpaired) electrons. The standard InChI is InChI=1S/C21H33N3O/c1-15-9-16(2)20(24-13-21(3,4)14-24)10-18(15)19(22)12-23-11-17-7-5-6-8-25-17/h9-10,12,17,23H,5-8,11,13-14,22H2,1-4H3/b19-12-. The highest BCUT2D eigenvalue weighted by Crippen LogP contribution is 2.36. The molecule has 2 fully saturated rings. The van der Waals surface area contributed by atoms with E-state index in [1.165, 1.54) is 29.7 Å². The van der Waals surface area contributed by atoms with Gasteiger partial charge in [-0.15, -0.1) is 0 Å². The summed E-state index contributed by atoms with van der Waals surface area (Å²) in [5, 5.41) is 3.36. The first-order valence-electron chi connectivity index (χ1n) is 9.53. The maximum Gasteiger partial charge on any atom is 0.0747 e. The Balaban J connectivity index is 1.68. The number of nitrogens with one attached hydrogen (secondary N) is 1. The van der Waals surface area contributed by atoms with Crippen molar-refractivity contribution in [3.05, 3.63) is 35.0 Å². The lowest BCUT2D eigenvalue weighted by atomic mass is 9.83. The van der Waals surface area contributed by atoms with Crippen LogP contribution >= 0.6 is 0 Å². The second-order valence-corrected chi connectivity index (χ2v) is 8.47. The van der Waals surface area contributed by atoms with E-state index in [0.717, 1.165) is 43.9 Å². The third kappa shape index (κ3) is 4.30. The first-order chi connectivity index (χ1) is 11.9. The monoisotopic (exact) mass is 343 g/mol. The minimum absolute atomic E-state index is 0.316. The van der Waals surface area contributed by atoms with Gasteiger partial charge in [0.15, 0.2) is 0 Å². The molecule has 25 heavy (non-hydrogen) atoms. The van der Waals surface area contributed by atoms with Crippen LogP contribution in [0, 0.1) is 19.3 Å². The number of hydrogen-bond donors (Lipinski definition) is 2. The van der Waals surface area contributed by atoms with Crippen LogP contribution in [-0.2, 0) is 4.74 Å². The fraction of sp³-hybridized carbons (Fsp3) is 0.619. The minimum Gasteiger partial charge on any atom is -0.397 e. The maximum absolute atomic E-state index is 6.38. The number of ether oxygens (including phenoxy) is 1. The van der Waals surface area contributed by atoms with E-state index in [2.05, 4.69) is 50.0 Å². The van der Waals surface area contributed by atoms with Gasteiger partial charge in [-0.1, -0.05) is 19.9 Å². The van der Waals surface area contributed by atoms with Crippen molar-refractivity contribution in [3.8, 4) is 0 Å². The normalized spacial score (nSPS) is 23.3. The second kappa shape index (κ2) is 7.28. The Bertz CT molecular complexity index is 637. The van der Waals surface area contributed by atoms with Crippen LogP contribution in [0.3, 0.4) is 0 Å². The van der Waals surface area contributed by atoms with E-state index in [1.54, 1.807) is 0 Å². The predicted octanol–water partition coefficient (Wildman–Crippen LogP) is 3.57. The third-order valence-corrected chi connectivity index (χ3v) is 5.31. The lowest BCUT2D eigenvalue weighted by molar-refractivity contribution is 0.0188. The average molecular weight is 344 g/mol. The molecule has 2 aliphatic heterocycles. The Morgan fingerprint density at radius 2 is 2.04 bits per heavy atom. The molecule has 0 spiro atoms. The number of anilines is 1. The van der Waals surface area contributed by atoms with Gasteiger partial charge in [0.25, 0.3) is 0 Å². The summed E-state index contributed by atoms with van der Waals surface area (Å²) in [4.78, 5) is 2.45. The molecule has 1 aromatic carbocycles. The van der Waals surface area contributed by atoms with Crippen molar-refractivity contribution in [1.29, 1.82) is 0 Å². The lowest BCUT2D eigenvalue weighted by Crippen LogP contribution is -2.53. The van der Waals surface area contributed by atoms with Crippen LogP contribution in [0.1, 0.15) is 49.8 Å². The summed E-state index contributed by atoms with van der Waals surface area (Å²) in [6.07, 6.45) is 5.85. The molecule has 2 saturated heterocycles. The first-order valence-corrected chi connectivity index (χ1v) is 9.53. The predicted molar refractivity (Wildman–Crippen MR) is 106 cm³/mol. The highest BCUT2D eigenvalue weighted by Gasteiger charge is 2.35. The van der Waals surface area contributed by atoms with Gasteiger partial charge in [-0.25, -0.2) is 0 Å². The zero-order valence-electron chi connectivity index (χ0n) is 16.2. The van der Waals surface area contributed by atoms with Crippen molar-refractivity contribution < 1.29 is 4.74 Å². The molecular weight excluding hydrogens is 310 g/mol. The molecule has 0 amide bonds. The summed E-state index contributed by atoms with van der Waals surface area (Å²) in [6.45, 7) is 12.9. The van der Waals surface area contributed by atoms with Gasteiger partial charge in [-0.3, -0.25) is 0 Å². The van der Waals surface area contributed by atoms with Crippen LogP contribution in [-0.4, -0.2) is 32.3 Å². The van der Waals surface area contributed by atoms with Crippen molar-refractivity contribution in [2.24, 2.45) is 11.1 Å². The summed E-state index contributed by atoms with van der Waals surface area (Å²) in [6, 6.07) is 4.51. The van der Waals surface area contributed by atoms with E-state index in [0.29, 0.717) is 11.5 Å². The summed E-state index contributed by atoms with van der Waals surface area (Å²) in [5.74, 6) is 0. The van der Waals surface area contributed by atoms with Gasteiger partial charge in [0, 0.05) is 43.7 Å². The van der Waals surface area contributed by atoms with E-state index in [4.69, 9.17) is 10.5 Å². The molecule has 0 aliphatic carbocycles. The van der Waals surface area contributed by atoms with Crippen LogP contribution < -0.4 is 16.0 Å². The van der Waals surface area contributed by atoms with Crippen LogP contribution in [0.2, 0.25) is 0 Å². The molecule has 2 heterocycles. The van der Waals surface area contributed by atoms with E-state index in [-0.39, 0.29) is 0 Å². The van der Waals surface area contributed by atoms with Gasteiger partial charge in [0.2, 0.25) is 0 Å². The minimum atomic E-state index is 0.316. The summed E-state index contributed by atoms with van der Waals surface area (Å²) in [7, 11) is 0. The largest absolute Gasteiger partial charge is 0.397 e. The molecule has 3 rings (SSSR count). The SMILES string of the molecule is Cc1cc(C)c(N2CC(C)(C)C2)cc1/C(N)=C/NCC1CCCCO1. The van der Waals surface area contributed by atoms with E-state index < -0.39 is 0 Å². The van der Waals surface area contributed by atoms with Gasteiger partial charge in [-0.2, -0.15) is 0 Å². The number of benzene rings is 1. The first kappa shape index (κ1) is 18.1. The molecule has 3 N–H and O–H groups in total. The van der Waals surface area contributed by atoms with Crippen molar-refractivity contribution in [3.63, 3.8) is 0 Å².